The average molecular weight is 641 g/mol. The summed E-state index contributed by atoms with van der Waals surface area (Å²) in [7, 11) is 0. The van der Waals surface area contributed by atoms with Gasteiger partial charge in [0, 0.05) is 12.8 Å². The number of carbonyl (C=O) groups is 2. The van der Waals surface area contributed by atoms with Crippen molar-refractivity contribution >= 4 is 11.9 Å². The van der Waals surface area contributed by atoms with E-state index in [1.54, 1.807) is 0 Å². The zero-order chi connectivity index (χ0) is 33.5. The number of carbonyl (C=O) groups excluding carboxylic acids is 1. The van der Waals surface area contributed by atoms with Crippen LogP contribution in [0.4, 0.5) is 0 Å². The molecule has 6 nitrogen and oxygen atoms in total. The Morgan fingerprint density at radius 2 is 0.867 bits per heavy atom. The van der Waals surface area contributed by atoms with E-state index < -0.39 is 12.1 Å². The summed E-state index contributed by atoms with van der Waals surface area (Å²) in [6.07, 6.45) is 40.3. The summed E-state index contributed by atoms with van der Waals surface area (Å²) >= 11 is 0. The Bertz CT molecular complexity index is 621. The van der Waals surface area contributed by atoms with Gasteiger partial charge in [0.25, 0.3) is 0 Å². The monoisotopic (exact) mass is 641 g/mol. The van der Waals surface area contributed by atoms with E-state index >= 15 is 0 Å². The highest BCUT2D eigenvalue weighted by Crippen LogP contribution is 2.14. The van der Waals surface area contributed by atoms with Gasteiger partial charge in [-0.3, -0.25) is 9.59 Å². The fourth-order valence-corrected chi connectivity index (χ4v) is 5.30. The van der Waals surface area contributed by atoms with Crippen molar-refractivity contribution in [2.24, 2.45) is 0 Å². The third kappa shape index (κ3) is 44.8. The summed E-state index contributed by atoms with van der Waals surface area (Å²) in [4.78, 5) is 21.7. The van der Waals surface area contributed by atoms with Crippen molar-refractivity contribution in [3.05, 3.63) is 12.2 Å². The minimum absolute atomic E-state index is 0.103. The Kier molecular flexibility index (Phi) is 41.3. The fraction of sp³-hybridized carbons (Fsp3) is 0.897. The van der Waals surface area contributed by atoms with Crippen molar-refractivity contribution in [2.75, 3.05) is 13.2 Å². The van der Waals surface area contributed by atoms with Gasteiger partial charge in [-0.15, -0.1) is 0 Å². The molecule has 6 heteroatoms. The SMILES string of the molecule is CCCCCCCCC=CCCCCCCCC(=O)O.CCCCCCCCCCCCCCCCCC(=O)OCC(O)CO. The molecule has 0 bridgehead atoms. The lowest BCUT2D eigenvalue weighted by Gasteiger charge is -2.08. The molecule has 0 saturated carbocycles. The summed E-state index contributed by atoms with van der Waals surface area (Å²) in [5.74, 6) is -0.940. The van der Waals surface area contributed by atoms with Gasteiger partial charge in [0.1, 0.15) is 12.7 Å². The van der Waals surface area contributed by atoms with E-state index in [-0.39, 0.29) is 19.2 Å². The van der Waals surface area contributed by atoms with Gasteiger partial charge in [-0.1, -0.05) is 167 Å². The predicted octanol–water partition coefficient (Wildman–Crippen LogP) is 11.3. The molecular weight excluding hydrogens is 564 g/mol. The molecule has 0 saturated heterocycles. The van der Waals surface area contributed by atoms with E-state index in [2.05, 4.69) is 26.0 Å². The van der Waals surface area contributed by atoms with E-state index in [0.29, 0.717) is 12.8 Å². The van der Waals surface area contributed by atoms with Crippen LogP contribution in [-0.4, -0.2) is 46.6 Å². The summed E-state index contributed by atoms with van der Waals surface area (Å²) in [6, 6.07) is 0. The highest BCUT2D eigenvalue weighted by molar-refractivity contribution is 5.69. The Labute approximate surface area is 279 Å². The number of rotatable bonds is 34. The van der Waals surface area contributed by atoms with Crippen LogP contribution in [0.25, 0.3) is 0 Å². The molecule has 0 spiro atoms. The second kappa shape index (κ2) is 40.6. The van der Waals surface area contributed by atoms with Crippen LogP contribution in [0.5, 0.6) is 0 Å². The van der Waals surface area contributed by atoms with Crippen molar-refractivity contribution in [1.29, 1.82) is 0 Å². The molecule has 0 heterocycles. The molecule has 3 N–H and O–H groups in total. The van der Waals surface area contributed by atoms with Gasteiger partial charge >= 0.3 is 11.9 Å². The van der Waals surface area contributed by atoms with Crippen LogP contribution in [0.1, 0.15) is 206 Å². The third-order valence-corrected chi connectivity index (χ3v) is 8.28. The van der Waals surface area contributed by atoms with Crippen LogP contribution < -0.4 is 0 Å². The first-order valence-electron chi connectivity index (χ1n) is 19.3. The number of aliphatic carboxylic acids is 1. The fourth-order valence-electron chi connectivity index (χ4n) is 5.30. The van der Waals surface area contributed by atoms with Crippen LogP contribution in [0.15, 0.2) is 12.2 Å². The van der Waals surface area contributed by atoms with Gasteiger partial charge in [0.15, 0.2) is 0 Å². The maximum Gasteiger partial charge on any atom is 0.305 e. The number of esters is 1. The lowest BCUT2D eigenvalue weighted by molar-refractivity contribution is -0.147. The van der Waals surface area contributed by atoms with Crippen molar-refractivity contribution in [1.82, 2.24) is 0 Å². The first kappa shape index (κ1) is 45.7. The van der Waals surface area contributed by atoms with E-state index in [0.717, 1.165) is 25.7 Å². The normalized spacial score (nSPS) is 11.8. The molecule has 45 heavy (non-hydrogen) atoms. The van der Waals surface area contributed by atoms with Crippen LogP contribution in [0, 0.1) is 0 Å². The van der Waals surface area contributed by atoms with Gasteiger partial charge in [0.2, 0.25) is 0 Å². The van der Waals surface area contributed by atoms with Gasteiger partial charge in [-0.2, -0.15) is 0 Å². The minimum Gasteiger partial charge on any atom is -0.481 e. The number of allylic oxidation sites excluding steroid dienone is 2. The first-order valence-corrected chi connectivity index (χ1v) is 19.3. The zero-order valence-electron chi connectivity index (χ0n) is 29.9. The number of aliphatic hydroxyl groups is 2. The maximum absolute atomic E-state index is 11.4. The smallest absolute Gasteiger partial charge is 0.305 e. The second-order valence-electron chi connectivity index (χ2n) is 12.9. The lowest BCUT2D eigenvalue weighted by Crippen LogP contribution is -2.21. The number of aliphatic hydroxyl groups excluding tert-OH is 2. The topological polar surface area (TPSA) is 104 Å². The number of hydrogen-bond donors (Lipinski definition) is 3. The molecule has 0 aliphatic carbocycles. The Morgan fingerprint density at radius 1 is 0.533 bits per heavy atom. The third-order valence-electron chi connectivity index (χ3n) is 8.28. The molecule has 0 aliphatic heterocycles. The number of hydrogen-bond acceptors (Lipinski definition) is 5. The molecule has 268 valence electrons. The van der Waals surface area contributed by atoms with E-state index in [9.17, 15) is 9.59 Å². The molecule has 0 aliphatic rings. The van der Waals surface area contributed by atoms with Crippen molar-refractivity contribution in [3.63, 3.8) is 0 Å². The Hall–Kier alpha value is -1.40. The molecule has 0 aromatic carbocycles. The van der Waals surface area contributed by atoms with Crippen LogP contribution in [0.2, 0.25) is 0 Å². The standard InChI is InChI=1S/C21H42O4.C18H34O2/c1-2-3-4-5-6-7-8-9-10-11-12-13-14-15-16-17-21(24)25-19-20(23)18-22;1-2-3-4-5-6-7-8-9-10-11-12-13-14-15-16-17-18(19)20/h20,22-23H,2-19H2,1H3;9-10H,2-8,11-17H2,1H3,(H,19,20). The Balaban J connectivity index is 0. The van der Waals surface area contributed by atoms with Crippen molar-refractivity contribution in [2.45, 2.75) is 213 Å². The summed E-state index contributed by atoms with van der Waals surface area (Å²) in [5.41, 5.74) is 0. The summed E-state index contributed by atoms with van der Waals surface area (Å²) in [6.45, 7) is 4.05. The molecule has 1 unspecified atom stereocenters. The molecule has 0 aromatic rings. The zero-order valence-corrected chi connectivity index (χ0v) is 29.9. The van der Waals surface area contributed by atoms with Gasteiger partial charge in [-0.05, 0) is 38.5 Å². The number of carboxylic acid groups (broad SMARTS) is 1. The van der Waals surface area contributed by atoms with Crippen molar-refractivity contribution in [3.8, 4) is 0 Å². The van der Waals surface area contributed by atoms with E-state index in [4.69, 9.17) is 20.1 Å². The molecule has 0 radical (unpaired) electrons. The molecular formula is C39H76O6. The Morgan fingerprint density at radius 3 is 1.22 bits per heavy atom. The average Bonchev–Trinajstić information content (AvgIpc) is 3.03. The number of carboxylic acids is 1. The molecule has 0 amide bonds. The van der Waals surface area contributed by atoms with Crippen LogP contribution in [-0.2, 0) is 14.3 Å². The minimum atomic E-state index is -0.954. The number of ether oxygens (including phenoxy) is 1. The highest BCUT2D eigenvalue weighted by atomic mass is 16.5. The first-order chi connectivity index (χ1) is 22.0. The molecule has 1 atom stereocenters. The van der Waals surface area contributed by atoms with Gasteiger partial charge in [0.05, 0.1) is 6.61 Å². The van der Waals surface area contributed by atoms with Crippen LogP contribution in [0.3, 0.4) is 0 Å². The predicted molar refractivity (Wildman–Crippen MR) is 191 cm³/mol. The van der Waals surface area contributed by atoms with Crippen LogP contribution >= 0.6 is 0 Å². The number of unbranched alkanes of at least 4 members (excludes halogenated alkanes) is 25. The summed E-state index contributed by atoms with van der Waals surface area (Å²) < 4.78 is 4.86. The van der Waals surface area contributed by atoms with Gasteiger partial charge in [-0.25, -0.2) is 0 Å². The molecule has 0 fully saturated rings. The summed E-state index contributed by atoms with van der Waals surface area (Å²) in [5, 5.41) is 26.2. The second-order valence-corrected chi connectivity index (χ2v) is 12.9. The van der Waals surface area contributed by atoms with E-state index in [1.807, 2.05) is 0 Å². The lowest BCUT2D eigenvalue weighted by atomic mass is 10.0. The molecule has 0 rings (SSSR count). The van der Waals surface area contributed by atoms with Crippen molar-refractivity contribution < 1.29 is 29.6 Å². The highest BCUT2D eigenvalue weighted by Gasteiger charge is 2.07. The van der Waals surface area contributed by atoms with Gasteiger partial charge < -0.3 is 20.1 Å². The quantitative estimate of drug-likeness (QED) is 0.0367. The van der Waals surface area contributed by atoms with E-state index in [1.165, 1.54) is 154 Å². The largest absolute Gasteiger partial charge is 0.481 e. The maximum atomic E-state index is 11.4. The molecule has 0 aromatic heterocycles.